The summed E-state index contributed by atoms with van der Waals surface area (Å²) in [5.74, 6) is 1.25. The third-order valence-electron chi connectivity index (χ3n) is 3.83. The second kappa shape index (κ2) is 8.17. The second-order valence-electron chi connectivity index (χ2n) is 5.88. The van der Waals surface area contributed by atoms with Gasteiger partial charge in [-0.05, 0) is 26.0 Å². The fourth-order valence-corrected chi connectivity index (χ4v) is 2.84. The van der Waals surface area contributed by atoms with Crippen molar-refractivity contribution < 1.29 is 19.0 Å². The molecule has 1 aromatic rings. The maximum absolute atomic E-state index is 12.2. The third kappa shape index (κ3) is 5.11. The number of methoxy groups -OCH3 is 2. The topological polar surface area (TPSA) is 60.0 Å². The monoisotopic (exact) mass is 322 g/mol. The zero-order valence-corrected chi connectivity index (χ0v) is 14.3. The van der Waals surface area contributed by atoms with Crippen molar-refractivity contribution in [3.05, 3.63) is 18.2 Å². The average molecular weight is 322 g/mol. The normalized spacial score (nSPS) is 21.7. The van der Waals surface area contributed by atoms with E-state index in [9.17, 15) is 4.79 Å². The lowest BCUT2D eigenvalue weighted by molar-refractivity contribution is -0.117. The first-order valence-electron chi connectivity index (χ1n) is 7.91. The summed E-state index contributed by atoms with van der Waals surface area (Å²) in [5, 5.41) is 2.90. The minimum atomic E-state index is -0.0275. The lowest BCUT2D eigenvalue weighted by Gasteiger charge is -2.35. The lowest BCUT2D eigenvalue weighted by atomic mass is 10.2. The van der Waals surface area contributed by atoms with Gasteiger partial charge in [0.05, 0.1) is 32.1 Å². The van der Waals surface area contributed by atoms with E-state index in [1.807, 2.05) is 0 Å². The first-order valence-corrected chi connectivity index (χ1v) is 7.91. The zero-order valence-electron chi connectivity index (χ0n) is 14.3. The molecule has 2 rings (SSSR count). The van der Waals surface area contributed by atoms with Crippen LogP contribution in [0.1, 0.15) is 20.3 Å². The summed E-state index contributed by atoms with van der Waals surface area (Å²) in [7, 11) is 3.16. The summed E-state index contributed by atoms with van der Waals surface area (Å²) in [4.78, 5) is 14.5. The van der Waals surface area contributed by atoms with Crippen molar-refractivity contribution in [2.75, 3.05) is 39.2 Å². The molecule has 1 aromatic carbocycles. The van der Waals surface area contributed by atoms with E-state index in [1.54, 1.807) is 32.4 Å². The van der Waals surface area contributed by atoms with Crippen molar-refractivity contribution in [1.29, 1.82) is 0 Å². The molecule has 23 heavy (non-hydrogen) atoms. The van der Waals surface area contributed by atoms with Gasteiger partial charge in [-0.1, -0.05) is 0 Å². The van der Waals surface area contributed by atoms with Crippen LogP contribution < -0.4 is 14.8 Å². The second-order valence-corrected chi connectivity index (χ2v) is 5.88. The molecule has 2 atom stereocenters. The number of carbonyl (C=O) groups is 1. The molecule has 6 heteroatoms. The Bertz CT molecular complexity index is 525. The van der Waals surface area contributed by atoms with Gasteiger partial charge in [-0.2, -0.15) is 0 Å². The molecular weight excluding hydrogens is 296 g/mol. The molecule has 0 aromatic heterocycles. The first-order chi connectivity index (χ1) is 11.0. The molecule has 0 bridgehead atoms. The number of hydrogen-bond donors (Lipinski definition) is 1. The molecule has 0 saturated carbocycles. The van der Waals surface area contributed by atoms with Gasteiger partial charge in [0, 0.05) is 32.1 Å². The largest absolute Gasteiger partial charge is 0.497 e. The highest BCUT2D eigenvalue weighted by molar-refractivity contribution is 5.92. The van der Waals surface area contributed by atoms with Crippen molar-refractivity contribution in [2.24, 2.45) is 0 Å². The van der Waals surface area contributed by atoms with E-state index in [0.29, 0.717) is 23.6 Å². The van der Waals surface area contributed by atoms with E-state index < -0.39 is 0 Å². The summed E-state index contributed by atoms with van der Waals surface area (Å²) in [5.41, 5.74) is 0.655. The average Bonchev–Trinajstić information content (AvgIpc) is 2.52. The van der Waals surface area contributed by atoms with Crippen molar-refractivity contribution in [1.82, 2.24) is 4.90 Å². The van der Waals surface area contributed by atoms with Crippen molar-refractivity contribution in [3.8, 4) is 11.5 Å². The number of nitrogens with one attached hydrogen (secondary N) is 1. The molecule has 1 fully saturated rings. The Morgan fingerprint density at radius 1 is 1.26 bits per heavy atom. The summed E-state index contributed by atoms with van der Waals surface area (Å²) >= 11 is 0. The molecule has 1 heterocycles. The number of ether oxygens (including phenoxy) is 3. The van der Waals surface area contributed by atoms with Crippen LogP contribution in [0.15, 0.2) is 18.2 Å². The van der Waals surface area contributed by atoms with E-state index >= 15 is 0 Å². The van der Waals surface area contributed by atoms with Crippen molar-refractivity contribution >= 4 is 11.6 Å². The van der Waals surface area contributed by atoms with Gasteiger partial charge in [-0.15, -0.1) is 0 Å². The van der Waals surface area contributed by atoms with E-state index in [1.165, 1.54) is 0 Å². The minimum Gasteiger partial charge on any atom is -0.497 e. The highest BCUT2D eigenvalue weighted by atomic mass is 16.5. The van der Waals surface area contributed by atoms with Crippen LogP contribution in [0.2, 0.25) is 0 Å². The molecule has 1 aliphatic heterocycles. The Morgan fingerprint density at radius 3 is 2.57 bits per heavy atom. The number of hydrogen-bond acceptors (Lipinski definition) is 5. The highest BCUT2D eigenvalue weighted by Crippen LogP contribution is 2.29. The van der Waals surface area contributed by atoms with Crippen LogP contribution >= 0.6 is 0 Å². The Balaban J connectivity index is 1.87. The molecule has 0 spiro atoms. The predicted octanol–water partition coefficient (Wildman–Crippen LogP) is 2.14. The Morgan fingerprint density at radius 2 is 1.96 bits per heavy atom. The van der Waals surface area contributed by atoms with Crippen LogP contribution in [0, 0.1) is 0 Å². The molecule has 128 valence electrons. The molecule has 0 aliphatic carbocycles. The molecule has 1 aliphatic rings. The van der Waals surface area contributed by atoms with Crippen molar-refractivity contribution in [2.45, 2.75) is 32.5 Å². The fourth-order valence-electron chi connectivity index (χ4n) is 2.84. The van der Waals surface area contributed by atoms with Gasteiger partial charge < -0.3 is 19.5 Å². The Kier molecular flexibility index (Phi) is 6.24. The van der Waals surface area contributed by atoms with Crippen LogP contribution in [0.25, 0.3) is 0 Å². The molecule has 0 radical (unpaired) electrons. The quantitative estimate of drug-likeness (QED) is 0.869. The van der Waals surface area contributed by atoms with Crippen LogP contribution in [0.4, 0.5) is 5.69 Å². The fraction of sp³-hybridized carbons (Fsp3) is 0.588. The van der Waals surface area contributed by atoms with Gasteiger partial charge in [0.15, 0.2) is 0 Å². The van der Waals surface area contributed by atoms with E-state index in [2.05, 4.69) is 24.1 Å². The SMILES string of the molecule is COc1ccc(NC(=O)CCN2C[C@@H](C)O[C@H](C)C2)c(OC)c1. The van der Waals surface area contributed by atoms with E-state index in [0.717, 1.165) is 19.6 Å². The van der Waals surface area contributed by atoms with Gasteiger partial charge in [0.25, 0.3) is 0 Å². The molecule has 1 saturated heterocycles. The molecule has 6 nitrogen and oxygen atoms in total. The van der Waals surface area contributed by atoms with Gasteiger partial charge >= 0.3 is 0 Å². The van der Waals surface area contributed by atoms with E-state index in [-0.39, 0.29) is 18.1 Å². The van der Waals surface area contributed by atoms with Crippen molar-refractivity contribution in [3.63, 3.8) is 0 Å². The number of nitrogens with zero attached hydrogens (tertiary/aromatic N) is 1. The number of amides is 1. The summed E-state index contributed by atoms with van der Waals surface area (Å²) in [6.07, 6.45) is 0.862. The highest BCUT2D eigenvalue weighted by Gasteiger charge is 2.22. The molecule has 1 amide bonds. The molecule has 0 unspecified atom stereocenters. The smallest absolute Gasteiger partial charge is 0.225 e. The van der Waals surface area contributed by atoms with Crippen LogP contribution in [0.3, 0.4) is 0 Å². The van der Waals surface area contributed by atoms with Crippen LogP contribution in [-0.2, 0) is 9.53 Å². The maximum atomic E-state index is 12.2. The number of carbonyl (C=O) groups excluding carboxylic acids is 1. The van der Waals surface area contributed by atoms with Gasteiger partial charge in [-0.3, -0.25) is 9.69 Å². The van der Waals surface area contributed by atoms with Gasteiger partial charge in [0.2, 0.25) is 5.91 Å². The Hall–Kier alpha value is -1.79. The van der Waals surface area contributed by atoms with Gasteiger partial charge in [-0.25, -0.2) is 0 Å². The summed E-state index contributed by atoms with van der Waals surface area (Å²) in [6.45, 7) is 6.57. The van der Waals surface area contributed by atoms with Gasteiger partial charge in [0.1, 0.15) is 11.5 Å². The maximum Gasteiger partial charge on any atom is 0.225 e. The van der Waals surface area contributed by atoms with Crippen LogP contribution in [-0.4, -0.2) is 56.9 Å². The van der Waals surface area contributed by atoms with E-state index in [4.69, 9.17) is 14.2 Å². The molecular formula is C17H26N2O4. The molecule has 1 N–H and O–H groups in total. The Labute approximate surface area is 137 Å². The lowest BCUT2D eigenvalue weighted by Crippen LogP contribution is -2.46. The third-order valence-corrected chi connectivity index (χ3v) is 3.83. The summed E-state index contributed by atoms with van der Waals surface area (Å²) in [6, 6.07) is 5.33. The number of benzene rings is 1. The van der Waals surface area contributed by atoms with Crippen LogP contribution in [0.5, 0.6) is 11.5 Å². The minimum absolute atomic E-state index is 0.0275. The first kappa shape index (κ1) is 17.6. The zero-order chi connectivity index (χ0) is 16.8. The summed E-state index contributed by atoms with van der Waals surface area (Å²) < 4.78 is 16.1. The standard InChI is InChI=1S/C17H26N2O4/c1-12-10-19(11-13(2)23-12)8-7-17(20)18-15-6-5-14(21-3)9-16(15)22-4/h5-6,9,12-13H,7-8,10-11H2,1-4H3,(H,18,20)/t12-,13-/m1/s1. The number of morpholine rings is 1. The predicted molar refractivity (Wildman–Crippen MR) is 89.2 cm³/mol. The number of anilines is 1. The number of rotatable bonds is 6.